The van der Waals surface area contributed by atoms with Crippen molar-refractivity contribution < 1.29 is 33.4 Å². The Balaban J connectivity index is 1.26. The van der Waals surface area contributed by atoms with Crippen LogP contribution in [0, 0.1) is 11.8 Å². The molecule has 4 aromatic rings. The van der Waals surface area contributed by atoms with Gasteiger partial charge in [-0.1, -0.05) is 12.1 Å². The van der Waals surface area contributed by atoms with E-state index in [0.717, 1.165) is 41.7 Å². The molecular formula is C41H47BrN6O7S. The molecule has 2 heterocycles. The van der Waals surface area contributed by atoms with Crippen molar-refractivity contribution in [2.24, 2.45) is 11.8 Å². The van der Waals surface area contributed by atoms with Crippen molar-refractivity contribution in [2.75, 3.05) is 36.3 Å². The summed E-state index contributed by atoms with van der Waals surface area (Å²) in [5.74, 6) is 1.21. The Morgan fingerprint density at radius 3 is 2.32 bits per heavy atom. The molecule has 0 spiro atoms. The zero-order valence-corrected chi connectivity index (χ0v) is 34.6. The summed E-state index contributed by atoms with van der Waals surface area (Å²) < 4.78 is 18.9. The second-order valence-corrected chi connectivity index (χ2v) is 17.5. The van der Waals surface area contributed by atoms with Gasteiger partial charge in [0.15, 0.2) is 5.69 Å². The van der Waals surface area contributed by atoms with Crippen LogP contribution in [0.4, 0.5) is 21.3 Å². The highest BCUT2D eigenvalue weighted by Gasteiger charge is 2.37. The summed E-state index contributed by atoms with van der Waals surface area (Å²) in [6.07, 6.45) is 6.41. The first kappa shape index (κ1) is 39.3. The number of carbonyl (C=O) groups excluding carboxylic acids is 4. The highest BCUT2D eigenvalue weighted by Crippen LogP contribution is 2.44. The van der Waals surface area contributed by atoms with E-state index in [4.69, 9.17) is 14.2 Å². The first-order valence-corrected chi connectivity index (χ1v) is 20.5. The van der Waals surface area contributed by atoms with Gasteiger partial charge in [0.05, 0.1) is 38.3 Å². The van der Waals surface area contributed by atoms with E-state index in [9.17, 15) is 19.2 Å². The number of halogens is 1. The van der Waals surface area contributed by atoms with Gasteiger partial charge < -0.3 is 34.3 Å². The number of ether oxygens (including phenoxy) is 3. The third-order valence-corrected chi connectivity index (χ3v) is 11.9. The van der Waals surface area contributed by atoms with Crippen LogP contribution in [0.3, 0.4) is 0 Å². The predicted octanol–water partition coefficient (Wildman–Crippen LogP) is 8.14. The van der Waals surface area contributed by atoms with Gasteiger partial charge in [0, 0.05) is 27.9 Å². The van der Waals surface area contributed by atoms with E-state index in [1.165, 1.54) is 11.3 Å². The first-order chi connectivity index (χ1) is 26.8. The van der Waals surface area contributed by atoms with Crippen molar-refractivity contribution in [3.05, 3.63) is 80.5 Å². The van der Waals surface area contributed by atoms with Gasteiger partial charge in [-0.25, -0.2) is 9.78 Å². The number of nitrogens with zero attached hydrogens (tertiary/aromatic N) is 3. The minimum Gasteiger partial charge on any atom is -0.497 e. The Morgan fingerprint density at radius 2 is 1.68 bits per heavy atom. The number of anilines is 3. The molecule has 2 aromatic carbocycles. The molecule has 0 unspecified atom stereocenters. The second-order valence-electron chi connectivity index (χ2n) is 15.6. The minimum atomic E-state index is -0.812. The van der Waals surface area contributed by atoms with E-state index >= 15 is 0 Å². The Labute approximate surface area is 338 Å². The number of aromatic nitrogens is 2. The Kier molecular flexibility index (Phi) is 11.5. The first-order valence-electron chi connectivity index (χ1n) is 18.9. The monoisotopic (exact) mass is 846 g/mol. The molecule has 1 atom stereocenters. The van der Waals surface area contributed by atoms with E-state index in [1.54, 1.807) is 69.0 Å². The van der Waals surface area contributed by atoms with Gasteiger partial charge in [-0.3, -0.25) is 19.7 Å². The molecule has 7 rings (SSSR count). The predicted molar refractivity (Wildman–Crippen MR) is 218 cm³/mol. The lowest BCUT2D eigenvalue weighted by molar-refractivity contribution is -0.117. The molecule has 3 N–H and O–H groups in total. The summed E-state index contributed by atoms with van der Waals surface area (Å²) in [5.41, 5.74) is 1.96. The molecule has 2 saturated carbocycles. The molecule has 15 heteroatoms. The molecule has 296 valence electrons. The number of carbonyl (C=O) groups is 4. The van der Waals surface area contributed by atoms with Crippen LogP contribution in [0.5, 0.6) is 11.5 Å². The maximum atomic E-state index is 14.9. The van der Waals surface area contributed by atoms with Crippen molar-refractivity contribution >= 4 is 67.6 Å². The van der Waals surface area contributed by atoms with Crippen LogP contribution in [-0.4, -0.2) is 59.7 Å². The quantitative estimate of drug-likeness (QED) is 0.122. The third kappa shape index (κ3) is 9.04. The minimum absolute atomic E-state index is 0.0167. The van der Waals surface area contributed by atoms with Crippen LogP contribution in [0.2, 0.25) is 0 Å². The summed E-state index contributed by atoms with van der Waals surface area (Å²) in [6, 6.07) is 12.5. The maximum Gasteiger partial charge on any atom is 0.413 e. The van der Waals surface area contributed by atoms with Crippen LogP contribution >= 0.6 is 27.3 Å². The topological polar surface area (TPSA) is 153 Å². The van der Waals surface area contributed by atoms with Crippen molar-refractivity contribution in [2.45, 2.75) is 83.9 Å². The largest absolute Gasteiger partial charge is 0.497 e. The summed E-state index contributed by atoms with van der Waals surface area (Å²) in [7, 11) is 3.17. The lowest BCUT2D eigenvalue weighted by Crippen LogP contribution is -2.33. The fraction of sp³-hybridized carbons (Fsp3) is 0.439. The Hall–Kier alpha value is -4.89. The second kappa shape index (κ2) is 16.3. The molecule has 3 aliphatic carbocycles. The van der Waals surface area contributed by atoms with Crippen molar-refractivity contribution in [1.29, 1.82) is 0 Å². The van der Waals surface area contributed by atoms with Gasteiger partial charge in [-0.15, -0.1) is 11.3 Å². The van der Waals surface area contributed by atoms with Crippen molar-refractivity contribution in [3.63, 3.8) is 0 Å². The lowest BCUT2D eigenvalue weighted by atomic mass is 9.91. The average Bonchev–Trinajstić information content (AvgIpc) is 4.10. The third-order valence-electron chi connectivity index (χ3n) is 10.1. The highest BCUT2D eigenvalue weighted by atomic mass is 79.9. The van der Waals surface area contributed by atoms with E-state index in [-0.39, 0.29) is 41.8 Å². The number of imidazole rings is 1. The van der Waals surface area contributed by atoms with E-state index in [0.29, 0.717) is 63.9 Å². The number of hydrogen-bond acceptors (Lipinski definition) is 9. The number of methoxy groups -OCH3 is 2. The number of benzene rings is 2. The molecule has 2 aromatic heterocycles. The summed E-state index contributed by atoms with van der Waals surface area (Å²) in [6.45, 7) is 6.06. The SMILES string of the molecule is COc1ccc(CN(C(=O)c2ncn([C@H]3CCc4sc(NC(=O)C5CC5)c(C(=O)NCC5CC5)c4C3)c2NC(=O)OC(C)(C)C)c2ccc(OC)cc2Br)cc1. The number of rotatable bonds is 13. The van der Waals surface area contributed by atoms with Crippen LogP contribution in [0.15, 0.2) is 53.3 Å². The number of nitrogens with one attached hydrogen (secondary N) is 3. The van der Waals surface area contributed by atoms with Crippen molar-refractivity contribution in [1.82, 2.24) is 14.9 Å². The van der Waals surface area contributed by atoms with Gasteiger partial charge in [-0.05, 0) is 129 Å². The lowest BCUT2D eigenvalue weighted by Gasteiger charge is -2.28. The summed E-state index contributed by atoms with van der Waals surface area (Å²) >= 11 is 5.10. The normalized spacial score (nSPS) is 16.4. The standard InChI is InChI=1S/C41H47BrN6O7S/c1-41(2,3)55-40(52)45-35-34(39(51)47(21-24-8-13-27(53-4)14-9-24)31-16-15-28(54-5)19-30(31)42)44-22-48(35)26-12-17-32-29(18-26)33(37(50)43-20-23-6-7-23)38(56-32)46-36(49)25-10-11-25/h8-9,13-16,19,22-23,25-26H,6-7,10-12,17-18,20-21H2,1-5H3,(H,43,50)(H,45,52)(H,46,49)/t26-/m0/s1. The molecule has 4 amide bonds. The van der Waals surface area contributed by atoms with Crippen LogP contribution in [0.1, 0.15) is 95.8 Å². The van der Waals surface area contributed by atoms with Gasteiger partial charge >= 0.3 is 6.09 Å². The molecule has 2 fully saturated rings. The van der Waals surface area contributed by atoms with Gasteiger partial charge in [0.2, 0.25) is 5.91 Å². The van der Waals surface area contributed by atoms with E-state index in [2.05, 4.69) is 36.9 Å². The molecule has 3 aliphatic rings. The van der Waals surface area contributed by atoms with Crippen LogP contribution < -0.4 is 30.3 Å². The Morgan fingerprint density at radius 1 is 0.964 bits per heavy atom. The highest BCUT2D eigenvalue weighted by molar-refractivity contribution is 9.10. The smallest absolute Gasteiger partial charge is 0.413 e. The fourth-order valence-corrected chi connectivity index (χ4v) is 8.61. The van der Waals surface area contributed by atoms with Crippen LogP contribution in [0.25, 0.3) is 0 Å². The van der Waals surface area contributed by atoms with E-state index < -0.39 is 17.6 Å². The Bertz CT molecular complexity index is 2130. The molecule has 56 heavy (non-hydrogen) atoms. The van der Waals surface area contributed by atoms with Crippen molar-refractivity contribution in [3.8, 4) is 11.5 Å². The fourth-order valence-electron chi connectivity index (χ4n) is 6.80. The summed E-state index contributed by atoms with van der Waals surface area (Å²) in [4.78, 5) is 62.4. The molecule has 0 radical (unpaired) electrons. The molecule has 0 aliphatic heterocycles. The molecule has 13 nitrogen and oxygen atoms in total. The number of thiophene rings is 1. The van der Waals surface area contributed by atoms with Gasteiger partial charge in [0.25, 0.3) is 11.8 Å². The average molecular weight is 848 g/mol. The maximum absolute atomic E-state index is 14.9. The summed E-state index contributed by atoms with van der Waals surface area (Å²) in [5, 5.41) is 9.63. The number of amides is 4. The van der Waals surface area contributed by atoms with Gasteiger partial charge in [-0.2, -0.15) is 0 Å². The zero-order valence-electron chi connectivity index (χ0n) is 32.2. The molecular weight excluding hydrogens is 800 g/mol. The zero-order chi connectivity index (χ0) is 39.7. The number of aryl methyl sites for hydroxylation is 1. The number of fused-ring (bicyclic) bond motifs is 1. The molecule has 0 saturated heterocycles. The number of hydrogen-bond donors (Lipinski definition) is 3. The molecule has 0 bridgehead atoms. The van der Waals surface area contributed by atoms with E-state index in [1.807, 2.05) is 24.3 Å². The van der Waals surface area contributed by atoms with Gasteiger partial charge in [0.1, 0.15) is 27.9 Å². The van der Waals surface area contributed by atoms with Crippen LogP contribution in [-0.2, 0) is 28.9 Å².